The van der Waals surface area contributed by atoms with Gasteiger partial charge in [-0.3, -0.25) is 0 Å². The van der Waals surface area contributed by atoms with Gasteiger partial charge in [-0.25, -0.2) is 0 Å². The Bertz CT molecular complexity index is 1740. The molecule has 2 heterocycles. The molecule has 4 aromatic rings. The molecule has 74 heavy (non-hydrogen) atoms. The topological polar surface area (TPSA) is 171 Å². The summed E-state index contributed by atoms with van der Waals surface area (Å²) in [4.78, 5) is 0. The third-order valence-electron chi connectivity index (χ3n) is 12.2. The van der Waals surface area contributed by atoms with E-state index in [0.717, 1.165) is 70.9 Å². The Labute approximate surface area is 514 Å². The predicted molar refractivity (Wildman–Crippen MR) is 297 cm³/mol. The maximum atomic E-state index is 12.3. The minimum absolute atomic E-state index is 0. The van der Waals surface area contributed by atoms with Gasteiger partial charge in [0.25, 0.3) is 0 Å². The molecule has 0 spiro atoms. The van der Waals surface area contributed by atoms with E-state index >= 15 is 0 Å². The predicted octanol–water partition coefficient (Wildman–Crippen LogP) is 14.7. The quantitative estimate of drug-likeness (QED) is 0.167. The van der Waals surface area contributed by atoms with Crippen molar-refractivity contribution >= 4 is 0 Å². The second-order valence-electron chi connectivity index (χ2n) is 27.4. The van der Waals surface area contributed by atoms with Crippen LogP contribution < -0.4 is 20.4 Å². The van der Waals surface area contributed by atoms with Gasteiger partial charge in [-0.05, 0) is 69.0 Å². The van der Waals surface area contributed by atoms with Crippen LogP contribution in [0.15, 0.2) is 72.8 Å². The fourth-order valence-electron chi connectivity index (χ4n) is 7.89. The molecule has 2 N–H and O–H groups in total. The second-order valence-corrected chi connectivity index (χ2v) is 27.4. The Balaban J connectivity index is -0.000000407. The number of hydrogen-bond donors (Lipinski definition) is 0. The zero-order valence-electron chi connectivity index (χ0n) is 50.6. The minimum Gasteiger partial charge on any atom is -0.872 e. The Morgan fingerprint density at radius 3 is 0.432 bits per heavy atom. The minimum atomic E-state index is -0.0711. The van der Waals surface area contributed by atoms with Gasteiger partial charge in [0.15, 0.2) is 0 Å². The van der Waals surface area contributed by atoms with Crippen LogP contribution in [-0.2, 0) is 52.8 Å². The molecule has 0 unspecified atom stereocenters. The smallest absolute Gasteiger partial charge is 0.872 e. The van der Waals surface area contributed by atoms with Crippen LogP contribution in [-0.4, -0.2) is 37.4 Å². The molecule has 0 aromatic heterocycles. The van der Waals surface area contributed by atoms with Crippen molar-refractivity contribution in [3.63, 3.8) is 0 Å². The number of para-hydroxylation sites is 4. The van der Waals surface area contributed by atoms with Gasteiger partial charge in [0, 0.05) is 26.4 Å². The molecular formula is C64H102Dy2O8. The van der Waals surface area contributed by atoms with E-state index in [1.807, 2.05) is 72.8 Å². The normalized spacial score (nSPS) is 13.7. The Hall–Kier alpha value is -1.53. The van der Waals surface area contributed by atoms with Crippen LogP contribution in [0, 0.1) is 76.3 Å². The molecule has 0 bridgehead atoms. The van der Waals surface area contributed by atoms with Crippen molar-refractivity contribution in [2.75, 3.05) is 26.4 Å². The first kappa shape index (κ1) is 79.0. The van der Waals surface area contributed by atoms with Crippen molar-refractivity contribution in [2.45, 2.75) is 235 Å². The van der Waals surface area contributed by atoms with Crippen LogP contribution in [0.3, 0.4) is 0 Å². The van der Waals surface area contributed by atoms with Crippen molar-refractivity contribution < 1.29 is 117 Å². The summed E-state index contributed by atoms with van der Waals surface area (Å²) in [7, 11) is 0. The van der Waals surface area contributed by atoms with Crippen molar-refractivity contribution in [3.8, 4) is 23.0 Å². The van der Waals surface area contributed by atoms with Crippen molar-refractivity contribution in [2.24, 2.45) is 0 Å². The van der Waals surface area contributed by atoms with Gasteiger partial charge >= 0.3 is 76.3 Å². The molecule has 6 rings (SSSR count). The SMILES string of the molecule is C1CCOC1.C1CCOC1.CC(C)(C)c1cccc(C(C)(C)C)c1[O-].CC(C)(C)c1cccc(C(C)(C)C)c1[O-].CC(C)(C)c1cccc(C(C)(C)C)c1[O-].CC(C)(C)c1cccc(C(C)(C)C)c1[O-].[Dy+3].[Dy+3].[OH-].[OH-]. The van der Waals surface area contributed by atoms with Crippen molar-refractivity contribution in [3.05, 3.63) is 117 Å². The van der Waals surface area contributed by atoms with Gasteiger partial charge in [-0.1, -0.05) is 283 Å². The third kappa shape index (κ3) is 26.9. The molecule has 426 valence electrons. The van der Waals surface area contributed by atoms with Gasteiger partial charge in [0.2, 0.25) is 0 Å². The number of rotatable bonds is 0. The molecule has 2 fully saturated rings. The van der Waals surface area contributed by atoms with Crippen LogP contribution in [0.2, 0.25) is 0 Å². The molecular weight excluding hydrogens is 1220 g/mol. The fraction of sp³-hybridized carbons (Fsp3) is 0.625. The molecule has 2 saturated heterocycles. The zero-order chi connectivity index (χ0) is 54.5. The molecule has 0 aliphatic carbocycles. The molecule has 2 radical (unpaired) electrons. The van der Waals surface area contributed by atoms with Crippen molar-refractivity contribution in [1.82, 2.24) is 0 Å². The summed E-state index contributed by atoms with van der Waals surface area (Å²) in [5, 5.41) is 49.0. The summed E-state index contributed by atoms with van der Waals surface area (Å²) in [5.74, 6) is 0.824. The number of hydrogen-bond acceptors (Lipinski definition) is 8. The van der Waals surface area contributed by atoms with E-state index in [1.165, 1.54) is 25.7 Å². The second kappa shape index (κ2) is 32.5. The largest absolute Gasteiger partial charge is 3.00 e. The molecule has 0 atom stereocenters. The zero-order valence-corrected chi connectivity index (χ0v) is 54.6. The van der Waals surface area contributed by atoms with E-state index in [4.69, 9.17) is 9.47 Å². The van der Waals surface area contributed by atoms with Gasteiger partial charge in [-0.15, -0.1) is 23.0 Å². The van der Waals surface area contributed by atoms with Gasteiger partial charge in [-0.2, -0.15) is 0 Å². The van der Waals surface area contributed by atoms with Gasteiger partial charge in [0.1, 0.15) is 0 Å². The van der Waals surface area contributed by atoms with E-state index in [0.29, 0.717) is 0 Å². The molecule has 4 aromatic carbocycles. The summed E-state index contributed by atoms with van der Waals surface area (Å²) in [6, 6.07) is 23.5. The average molecular weight is 1320 g/mol. The summed E-state index contributed by atoms with van der Waals surface area (Å²) in [6.45, 7) is 53.9. The summed E-state index contributed by atoms with van der Waals surface area (Å²) in [5.41, 5.74) is 6.73. The average Bonchev–Trinajstić information content (AvgIpc) is 3.97. The third-order valence-corrected chi connectivity index (χ3v) is 12.2. The van der Waals surface area contributed by atoms with E-state index in [1.54, 1.807) is 0 Å². The van der Waals surface area contributed by atoms with Crippen LogP contribution in [0.25, 0.3) is 0 Å². The fourth-order valence-corrected chi connectivity index (χ4v) is 7.89. The summed E-state index contributed by atoms with van der Waals surface area (Å²) < 4.78 is 9.89. The Morgan fingerprint density at radius 1 is 0.257 bits per heavy atom. The molecule has 8 nitrogen and oxygen atoms in total. The number of ether oxygens (including phenoxy) is 2. The summed E-state index contributed by atoms with van der Waals surface area (Å²) in [6.07, 6.45) is 5.11. The maximum absolute atomic E-state index is 12.3. The first-order chi connectivity index (χ1) is 31.6. The van der Waals surface area contributed by atoms with E-state index in [9.17, 15) is 20.4 Å². The Morgan fingerprint density at radius 2 is 0.365 bits per heavy atom. The maximum Gasteiger partial charge on any atom is 3.00 e. The summed E-state index contributed by atoms with van der Waals surface area (Å²) >= 11 is 0. The monoisotopic (exact) mass is 1330 g/mol. The van der Waals surface area contributed by atoms with Crippen LogP contribution >= 0.6 is 0 Å². The first-order valence-corrected chi connectivity index (χ1v) is 25.9. The first-order valence-electron chi connectivity index (χ1n) is 25.9. The standard InChI is InChI=1S/4C14H22O.2C4H8O.2Dy.2H2O/c4*1-13(2,3)10-8-7-9-11(12(10)15)14(4,5)6;2*1-2-4-5-3-1;;;;/h4*7-9,15H,1-6H3;2*1-4H2;;;2*1H2/q;;;;;;2*+3;;/p-6. The van der Waals surface area contributed by atoms with Crippen LogP contribution in [0.1, 0.15) is 236 Å². The van der Waals surface area contributed by atoms with E-state index in [-0.39, 0.29) is 154 Å². The molecule has 2 aliphatic rings. The van der Waals surface area contributed by atoms with E-state index < -0.39 is 0 Å². The van der Waals surface area contributed by atoms with E-state index in [2.05, 4.69) is 166 Å². The Kier molecular flexibility index (Phi) is 34.7. The number of benzene rings is 4. The van der Waals surface area contributed by atoms with Gasteiger partial charge < -0.3 is 40.9 Å². The molecule has 10 heteroatoms. The molecule has 0 amide bonds. The van der Waals surface area contributed by atoms with Gasteiger partial charge in [0.05, 0.1) is 0 Å². The van der Waals surface area contributed by atoms with Crippen molar-refractivity contribution in [1.29, 1.82) is 0 Å². The molecule has 2 aliphatic heterocycles. The van der Waals surface area contributed by atoms with Crippen LogP contribution in [0.4, 0.5) is 0 Å². The van der Waals surface area contributed by atoms with Crippen LogP contribution in [0.5, 0.6) is 23.0 Å². The molecule has 0 saturated carbocycles.